The van der Waals surface area contributed by atoms with Gasteiger partial charge in [-0.15, -0.1) is 0 Å². The van der Waals surface area contributed by atoms with E-state index >= 15 is 0 Å². The number of rotatable bonds is 2. The molecule has 26 heavy (non-hydrogen) atoms. The number of H-pyrrole nitrogens is 2. The molecule has 0 spiro atoms. The molecule has 2 heterocycles. The molecule has 136 valence electrons. The van der Waals surface area contributed by atoms with E-state index in [1.54, 1.807) is 0 Å². The van der Waals surface area contributed by atoms with E-state index in [2.05, 4.69) is 9.97 Å². The SMILES string of the molecule is O=C(C1Cc2c([N+](=O)[O-])cc3[nH]c(=O)c(=O)[nH]c3c2C1)N1CCCCC1. The molecule has 9 nitrogen and oxygen atoms in total. The molecule has 1 aromatic carbocycles. The largest absolute Gasteiger partial charge is 0.342 e. The van der Waals surface area contributed by atoms with Crippen molar-refractivity contribution in [2.45, 2.75) is 32.1 Å². The first kappa shape index (κ1) is 16.5. The Morgan fingerprint density at radius 1 is 1.08 bits per heavy atom. The summed E-state index contributed by atoms with van der Waals surface area (Å²) < 4.78 is 0. The van der Waals surface area contributed by atoms with Gasteiger partial charge in [0, 0.05) is 30.6 Å². The van der Waals surface area contributed by atoms with Crippen LogP contribution in [-0.4, -0.2) is 38.8 Å². The molecule has 1 atom stereocenters. The van der Waals surface area contributed by atoms with Gasteiger partial charge in [-0.2, -0.15) is 0 Å². The van der Waals surface area contributed by atoms with Crippen LogP contribution in [0.15, 0.2) is 15.7 Å². The molecule has 2 N–H and O–H groups in total. The molecule has 1 unspecified atom stereocenters. The Morgan fingerprint density at radius 3 is 2.42 bits per heavy atom. The van der Waals surface area contributed by atoms with Crippen molar-refractivity contribution in [1.29, 1.82) is 0 Å². The lowest BCUT2D eigenvalue weighted by Crippen LogP contribution is -2.40. The van der Waals surface area contributed by atoms with Gasteiger partial charge >= 0.3 is 11.1 Å². The number of carbonyl (C=O) groups is 1. The second-order valence-electron chi connectivity index (χ2n) is 6.93. The first-order chi connectivity index (χ1) is 12.5. The van der Waals surface area contributed by atoms with E-state index < -0.39 is 16.0 Å². The van der Waals surface area contributed by atoms with Crippen molar-refractivity contribution in [2.24, 2.45) is 5.92 Å². The molecular formula is C17H18N4O5. The molecule has 0 saturated carbocycles. The smallest absolute Gasteiger partial charge is 0.314 e. The van der Waals surface area contributed by atoms with E-state index in [0.29, 0.717) is 23.1 Å². The average Bonchev–Trinajstić information content (AvgIpc) is 3.07. The number of hydrogen-bond acceptors (Lipinski definition) is 5. The molecule has 0 radical (unpaired) electrons. The third-order valence-corrected chi connectivity index (χ3v) is 5.33. The van der Waals surface area contributed by atoms with E-state index in [0.717, 1.165) is 32.4 Å². The van der Waals surface area contributed by atoms with Crippen LogP contribution in [0.2, 0.25) is 0 Å². The molecule has 4 rings (SSSR count). The summed E-state index contributed by atoms with van der Waals surface area (Å²) in [7, 11) is 0. The Labute approximate surface area is 147 Å². The number of carbonyl (C=O) groups excluding carboxylic acids is 1. The zero-order chi connectivity index (χ0) is 18.4. The van der Waals surface area contributed by atoms with E-state index in [-0.39, 0.29) is 29.4 Å². The van der Waals surface area contributed by atoms with Crippen molar-refractivity contribution in [2.75, 3.05) is 13.1 Å². The highest BCUT2D eigenvalue weighted by atomic mass is 16.6. The van der Waals surface area contributed by atoms with Crippen LogP contribution in [0.4, 0.5) is 5.69 Å². The van der Waals surface area contributed by atoms with E-state index in [1.807, 2.05) is 4.90 Å². The molecular weight excluding hydrogens is 340 g/mol. The lowest BCUT2D eigenvalue weighted by molar-refractivity contribution is -0.385. The number of benzene rings is 1. The maximum Gasteiger partial charge on any atom is 0.314 e. The number of hydrogen-bond donors (Lipinski definition) is 2. The van der Waals surface area contributed by atoms with E-state index in [9.17, 15) is 24.5 Å². The van der Waals surface area contributed by atoms with Gasteiger partial charge in [0.2, 0.25) is 5.91 Å². The second kappa shape index (κ2) is 6.08. The van der Waals surface area contributed by atoms with Crippen LogP contribution in [-0.2, 0) is 17.6 Å². The molecule has 9 heteroatoms. The van der Waals surface area contributed by atoms with Crippen molar-refractivity contribution in [3.63, 3.8) is 0 Å². The number of nitro benzene ring substituents is 1. The maximum atomic E-state index is 12.8. The second-order valence-corrected chi connectivity index (χ2v) is 6.93. The molecule has 0 bridgehead atoms. The first-order valence-corrected chi connectivity index (χ1v) is 8.70. The summed E-state index contributed by atoms with van der Waals surface area (Å²) in [6.45, 7) is 1.44. The van der Waals surface area contributed by atoms with Crippen molar-refractivity contribution in [1.82, 2.24) is 14.9 Å². The molecule has 1 fully saturated rings. The van der Waals surface area contributed by atoms with Crippen LogP contribution >= 0.6 is 0 Å². The number of nitrogens with one attached hydrogen (secondary N) is 2. The van der Waals surface area contributed by atoms with Crippen molar-refractivity contribution in [3.05, 3.63) is 48.0 Å². The van der Waals surface area contributed by atoms with Crippen LogP contribution < -0.4 is 11.1 Å². The minimum atomic E-state index is -0.856. The summed E-state index contributed by atoms with van der Waals surface area (Å²) in [6.07, 6.45) is 3.66. The van der Waals surface area contributed by atoms with Gasteiger partial charge in [-0.3, -0.25) is 24.5 Å². The van der Waals surface area contributed by atoms with Gasteiger partial charge in [-0.1, -0.05) is 0 Å². The van der Waals surface area contributed by atoms with Gasteiger partial charge in [0.25, 0.3) is 5.69 Å². The Hall–Kier alpha value is -2.97. The maximum absolute atomic E-state index is 12.8. The van der Waals surface area contributed by atoms with Crippen molar-refractivity contribution >= 4 is 22.6 Å². The van der Waals surface area contributed by atoms with Crippen LogP contribution in [0, 0.1) is 16.0 Å². The summed E-state index contributed by atoms with van der Waals surface area (Å²) in [5.41, 5.74) is -0.136. The lowest BCUT2D eigenvalue weighted by atomic mass is 10.0. The number of amides is 1. The van der Waals surface area contributed by atoms with Crippen molar-refractivity contribution < 1.29 is 9.72 Å². The molecule has 2 aromatic rings. The number of aromatic nitrogens is 2. The fraction of sp³-hybridized carbons (Fsp3) is 0.471. The molecule has 1 saturated heterocycles. The van der Waals surface area contributed by atoms with Gasteiger partial charge in [0.15, 0.2) is 0 Å². The van der Waals surface area contributed by atoms with Crippen LogP contribution in [0.1, 0.15) is 30.4 Å². The number of aromatic amines is 2. The topological polar surface area (TPSA) is 129 Å². The summed E-state index contributed by atoms with van der Waals surface area (Å²) in [4.78, 5) is 53.8. The summed E-state index contributed by atoms with van der Waals surface area (Å²) in [5.74, 6) is -0.363. The number of nitro groups is 1. The normalized spacial score (nSPS) is 19.5. The van der Waals surface area contributed by atoms with Gasteiger partial charge in [-0.25, -0.2) is 0 Å². The van der Waals surface area contributed by atoms with Gasteiger partial charge in [0.1, 0.15) is 0 Å². The number of likely N-dealkylation sites (tertiary alicyclic amines) is 1. The van der Waals surface area contributed by atoms with Gasteiger partial charge in [0.05, 0.1) is 16.0 Å². The zero-order valence-electron chi connectivity index (χ0n) is 14.0. The minimum absolute atomic E-state index is 0.00937. The fourth-order valence-corrected chi connectivity index (χ4v) is 4.08. The monoisotopic (exact) mass is 358 g/mol. The summed E-state index contributed by atoms with van der Waals surface area (Å²) in [5, 5.41) is 11.5. The lowest BCUT2D eigenvalue weighted by Gasteiger charge is -2.29. The molecule has 1 aromatic heterocycles. The highest BCUT2D eigenvalue weighted by molar-refractivity contribution is 5.87. The molecule has 1 aliphatic carbocycles. The Kier molecular flexibility index (Phi) is 3.86. The zero-order valence-corrected chi connectivity index (χ0v) is 14.0. The Morgan fingerprint density at radius 2 is 1.73 bits per heavy atom. The fourth-order valence-electron chi connectivity index (χ4n) is 4.08. The standard InChI is InChI=1S/C17H18N4O5/c22-15-16(23)19-14-11-7-9(17(24)20-4-2-1-3-5-20)6-10(11)13(21(25)26)8-12(14)18-15/h8-9H,1-7H2,(H,18,22)(H,19,23). The predicted octanol–water partition coefficient (Wildman–Crippen LogP) is 0.852. The van der Waals surface area contributed by atoms with Gasteiger partial charge in [-0.05, 0) is 37.7 Å². The number of piperidine rings is 1. The van der Waals surface area contributed by atoms with E-state index in [1.165, 1.54) is 6.07 Å². The van der Waals surface area contributed by atoms with E-state index in [4.69, 9.17) is 0 Å². The molecule has 1 aliphatic heterocycles. The minimum Gasteiger partial charge on any atom is -0.342 e. The summed E-state index contributed by atoms with van der Waals surface area (Å²) >= 11 is 0. The van der Waals surface area contributed by atoms with Crippen LogP contribution in [0.25, 0.3) is 11.0 Å². The van der Waals surface area contributed by atoms with Crippen molar-refractivity contribution in [3.8, 4) is 0 Å². The highest BCUT2D eigenvalue weighted by Crippen LogP contribution is 2.38. The molecule has 1 amide bonds. The number of fused-ring (bicyclic) bond motifs is 3. The average molecular weight is 358 g/mol. The quantitative estimate of drug-likeness (QED) is 0.467. The Balaban J connectivity index is 1.79. The van der Waals surface area contributed by atoms with Crippen LogP contribution in [0.3, 0.4) is 0 Å². The van der Waals surface area contributed by atoms with Gasteiger partial charge < -0.3 is 14.9 Å². The Bertz CT molecular complexity index is 1030. The third-order valence-electron chi connectivity index (χ3n) is 5.33. The number of nitrogens with zero attached hydrogens (tertiary/aromatic N) is 2. The van der Waals surface area contributed by atoms with Crippen LogP contribution in [0.5, 0.6) is 0 Å². The molecule has 2 aliphatic rings. The highest BCUT2D eigenvalue weighted by Gasteiger charge is 2.37. The predicted molar refractivity (Wildman–Crippen MR) is 93.2 cm³/mol. The first-order valence-electron chi connectivity index (χ1n) is 8.70. The summed E-state index contributed by atoms with van der Waals surface area (Å²) in [6, 6.07) is 1.26. The third kappa shape index (κ3) is 2.59.